The van der Waals surface area contributed by atoms with Crippen molar-refractivity contribution in [2.45, 2.75) is 0 Å². The van der Waals surface area contributed by atoms with Gasteiger partial charge in [0.05, 0.1) is 18.8 Å². The molecule has 3 N–H and O–H groups in total. The van der Waals surface area contributed by atoms with Crippen LogP contribution in [0.25, 0.3) is 0 Å². The summed E-state index contributed by atoms with van der Waals surface area (Å²) < 4.78 is 7.67. The van der Waals surface area contributed by atoms with Crippen molar-refractivity contribution < 1.29 is 9.02 Å². The van der Waals surface area contributed by atoms with Gasteiger partial charge in [-0.2, -0.15) is 0 Å². The first-order chi connectivity index (χ1) is 8.00. The van der Waals surface area contributed by atoms with E-state index >= 15 is 0 Å². The first-order valence-electron chi connectivity index (χ1n) is 5.03. The van der Waals surface area contributed by atoms with Gasteiger partial charge in [0.1, 0.15) is 6.26 Å². The van der Waals surface area contributed by atoms with E-state index in [1.54, 1.807) is 18.5 Å². The van der Waals surface area contributed by atoms with Crippen LogP contribution < -0.4 is 15.5 Å². The summed E-state index contributed by atoms with van der Waals surface area (Å²) >= 11 is 3.29. The molecule has 0 aromatic rings. The highest BCUT2D eigenvalue weighted by atomic mass is 32.2. The van der Waals surface area contributed by atoms with Crippen LogP contribution in [0.4, 0.5) is 0 Å². The van der Waals surface area contributed by atoms with E-state index in [2.05, 4.69) is 20.4 Å². The number of nitrogens with one attached hydrogen (secondary N) is 3. The van der Waals surface area contributed by atoms with Crippen molar-refractivity contribution in [3.05, 3.63) is 24.6 Å². The molecule has 92 valence electrons. The fraction of sp³-hybridized carbons (Fsp3) is 0.556. The Bertz CT molecular complexity index is 170. The van der Waals surface area contributed by atoms with E-state index < -0.39 is 0 Å². The summed E-state index contributed by atoms with van der Waals surface area (Å²) in [6.45, 7) is 3.06. The minimum Gasteiger partial charge on any atom is -0.391 e. The van der Waals surface area contributed by atoms with Gasteiger partial charge in [0, 0.05) is 30.9 Å². The van der Waals surface area contributed by atoms with E-state index in [0.717, 1.165) is 13.2 Å². The van der Waals surface area contributed by atoms with Crippen molar-refractivity contribution >= 4 is 24.0 Å². The average molecular weight is 263 g/mol. The number of allylic oxidation sites excluding steroid dienone is 2. The van der Waals surface area contributed by atoms with Gasteiger partial charge in [-0.05, 0) is 12.2 Å². The number of hydrogen-bond acceptors (Lipinski definition) is 7. The molecular weight excluding hydrogens is 246 g/mol. The van der Waals surface area contributed by atoms with E-state index in [9.17, 15) is 0 Å². The Morgan fingerprint density at radius 3 is 2.38 bits per heavy atom. The first-order valence-corrected chi connectivity index (χ1v) is 6.92. The van der Waals surface area contributed by atoms with Crippen LogP contribution in [-0.4, -0.2) is 31.3 Å². The standard InChI is InChI=1S/C4H5NO.C3H7NS.C2H5NOS/c1-2-4-6-5-3-1;1-2-5-3-4-1;1-2-4-5-3-1/h1-5H;4H,1-3H2;3H,1-2H2. The van der Waals surface area contributed by atoms with E-state index in [4.69, 9.17) is 4.18 Å². The summed E-state index contributed by atoms with van der Waals surface area (Å²) in [5.74, 6) is 2.47. The minimum absolute atomic E-state index is 0.852. The summed E-state index contributed by atoms with van der Waals surface area (Å²) in [6, 6.07) is 0. The molecule has 0 aromatic heterocycles. The third kappa shape index (κ3) is 8.93. The third-order valence-corrected chi connectivity index (χ3v) is 3.03. The van der Waals surface area contributed by atoms with E-state index in [-0.39, 0.29) is 0 Å². The van der Waals surface area contributed by atoms with Crippen molar-refractivity contribution in [3.8, 4) is 0 Å². The lowest BCUT2D eigenvalue weighted by molar-refractivity contribution is 0.172. The van der Waals surface area contributed by atoms with Crippen molar-refractivity contribution in [2.24, 2.45) is 0 Å². The maximum atomic E-state index is 4.75. The number of thioether (sulfide) groups is 1. The SMILES string of the molecule is C1=CNOC=C1.C1COSN1.C1CSCN1. The molecule has 0 radical (unpaired) electrons. The predicted molar refractivity (Wildman–Crippen MR) is 69.4 cm³/mol. The van der Waals surface area contributed by atoms with Crippen LogP contribution >= 0.6 is 24.0 Å². The lowest BCUT2D eigenvalue weighted by Gasteiger charge is -1.97. The molecule has 0 bridgehead atoms. The normalized spacial score (nSPS) is 21.0. The van der Waals surface area contributed by atoms with Gasteiger partial charge in [0.15, 0.2) is 0 Å². The summed E-state index contributed by atoms with van der Waals surface area (Å²) in [5.41, 5.74) is 2.52. The highest BCUT2D eigenvalue weighted by Crippen LogP contribution is 2.00. The number of rotatable bonds is 0. The van der Waals surface area contributed by atoms with Crippen LogP contribution in [0.5, 0.6) is 0 Å². The molecule has 2 saturated heterocycles. The van der Waals surface area contributed by atoms with E-state index in [0.29, 0.717) is 0 Å². The molecule has 0 unspecified atom stereocenters. The lowest BCUT2D eigenvalue weighted by atomic mass is 10.6. The second-order valence-electron chi connectivity index (χ2n) is 2.78. The summed E-state index contributed by atoms with van der Waals surface area (Å²) in [6.07, 6.45) is 6.93. The highest BCUT2D eigenvalue weighted by Gasteiger charge is 1.94. The fourth-order valence-corrected chi connectivity index (χ4v) is 1.97. The van der Waals surface area contributed by atoms with Gasteiger partial charge in [0.25, 0.3) is 0 Å². The van der Waals surface area contributed by atoms with Crippen LogP contribution in [0.2, 0.25) is 0 Å². The maximum Gasteiger partial charge on any atom is 0.119 e. The van der Waals surface area contributed by atoms with Gasteiger partial charge >= 0.3 is 0 Å². The predicted octanol–water partition coefficient (Wildman–Crippen LogP) is 0.998. The Balaban J connectivity index is 0.000000121. The number of hydrogen-bond donors (Lipinski definition) is 3. The molecule has 0 aromatic carbocycles. The zero-order valence-electron chi connectivity index (χ0n) is 8.98. The molecule has 0 aliphatic carbocycles. The summed E-state index contributed by atoms with van der Waals surface area (Å²) in [7, 11) is 0. The first kappa shape index (κ1) is 13.7. The maximum absolute atomic E-state index is 4.75. The molecule has 2 fully saturated rings. The molecule has 0 amide bonds. The molecule has 7 heteroatoms. The Kier molecular flexibility index (Phi) is 9.57. The Hall–Kier alpha value is -0.340. The average Bonchev–Trinajstić information content (AvgIpc) is 3.10. The molecule has 16 heavy (non-hydrogen) atoms. The van der Waals surface area contributed by atoms with Crippen molar-refractivity contribution in [2.75, 3.05) is 31.3 Å². The van der Waals surface area contributed by atoms with Crippen molar-refractivity contribution in [3.63, 3.8) is 0 Å². The van der Waals surface area contributed by atoms with Crippen molar-refractivity contribution in [1.29, 1.82) is 0 Å². The quantitative estimate of drug-likeness (QED) is 0.445. The Morgan fingerprint density at radius 2 is 2.19 bits per heavy atom. The molecule has 3 aliphatic heterocycles. The molecule has 5 nitrogen and oxygen atoms in total. The molecule has 0 saturated carbocycles. The van der Waals surface area contributed by atoms with Gasteiger partial charge < -0.3 is 10.2 Å². The van der Waals surface area contributed by atoms with Gasteiger partial charge in [0.2, 0.25) is 0 Å². The second-order valence-corrected chi connectivity index (χ2v) is 4.57. The molecular formula is C9H17N3O2S2. The van der Waals surface area contributed by atoms with Crippen LogP contribution in [0, 0.1) is 0 Å². The third-order valence-electron chi connectivity index (χ3n) is 1.52. The summed E-state index contributed by atoms with van der Waals surface area (Å²) in [5, 5.41) is 3.19. The van der Waals surface area contributed by atoms with Crippen LogP contribution in [-0.2, 0) is 9.02 Å². The van der Waals surface area contributed by atoms with Gasteiger partial charge in [-0.15, -0.1) is 11.8 Å². The molecule has 3 rings (SSSR count). The Labute approximate surface area is 105 Å². The fourth-order valence-electron chi connectivity index (χ4n) is 0.827. The van der Waals surface area contributed by atoms with E-state index in [1.165, 1.54) is 30.4 Å². The minimum atomic E-state index is 0.852. The van der Waals surface area contributed by atoms with Crippen molar-refractivity contribution in [1.82, 2.24) is 15.5 Å². The van der Waals surface area contributed by atoms with Crippen LogP contribution in [0.3, 0.4) is 0 Å². The smallest absolute Gasteiger partial charge is 0.119 e. The highest BCUT2D eigenvalue weighted by molar-refractivity contribution is 7.99. The molecule has 0 spiro atoms. The lowest BCUT2D eigenvalue weighted by Crippen LogP contribution is -2.04. The molecule has 3 heterocycles. The van der Waals surface area contributed by atoms with Gasteiger partial charge in [-0.3, -0.25) is 4.18 Å². The number of hydroxylamine groups is 1. The monoisotopic (exact) mass is 263 g/mol. The van der Waals surface area contributed by atoms with Gasteiger partial charge in [-0.1, -0.05) is 0 Å². The molecule has 3 aliphatic rings. The largest absolute Gasteiger partial charge is 0.391 e. The Morgan fingerprint density at radius 1 is 1.19 bits per heavy atom. The zero-order valence-corrected chi connectivity index (χ0v) is 10.6. The van der Waals surface area contributed by atoms with Gasteiger partial charge in [-0.25, -0.2) is 10.2 Å². The zero-order chi connectivity index (χ0) is 11.3. The molecule has 0 atom stereocenters. The van der Waals surface area contributed by atoms with Crippen LogP contribution in [0.15, 0.2) is 24.6 Å². The second kappa shape index (κ2) is 11.2. The van der Waals surface area contributed by atoms with E-state index in [1.807, 2.05) is 17.8 Å². The topological polar surface area (TPSA) is 54.5 Å². The van der Waals surface area contributed by atoms with Crippen LogP contribution in [0.1, 0.15) is 0 Å². The summed E-state index contributed by atoms with van der Waals surface area (Å²) in [4.78, 5) is 4.55.